The number of aromatic nitrogens is 4. The average molecular weight is 525 g/mol. The molecule has 5 heterocycles. The Labute approximate surface area is 220 Å². The standard InChI is InChI=1S/C27H33FN6O4/c1-4-37-26(35)14-32-6-5-20(22(28)13-32)21-9-23-17(7-16(21)2)11-29-34(23)25-10-24(30-27(31-25)36-3)33-12-19-8-18(33)15-38-19/h7,9-11,18-20,22H,4-6,8,12-15H2,1-3H3. The highest BCUT2D eigenvalue weighted by Gasteiger charge is 2.40. The highest BCUT2D eigenvalue weighted by molar-refractivity contribution is 5.82. The lowest BCUT2D eigenvalue weighted by atomic mass is 9.85. The highest BCUT2D eigenvalue weighted by Crippen LogP contribution is 2.36. The van der Waals surface area contributed by atoms with Crippen molar-refractivity contribution in [2.45, 2.75) is 50.9 Å². The van der Waals surface area contributed by atoms with Crippen LogP contribution in [0.1, 0.15) is 36.8 Å². The van der Waals surface area contributed by atoms with Gasteiger partial charge in [0.25, 0.3) is 0 Å². The summed E-state index contributed by atoms with van der Waals surface area (Å²) in [6.45, 7) is 6.56. The van der Waals surface area contributed by atoms with Gasteiger partial charge in [0.1, 0.15) is 12.0 Å². The lowest BCUT2D eigenvalue weighted by molar-refractivity contribution is -0.145. The summed E-state index contributed by atoms with van der Waals surface area (Å²) in [5.74, 6) is 0.809. The highest BCUT2D eigenvalue weighted by atomic mass is 19.1. The van der Waals surface area contributed by atoms with E-state index in [4.69, 9.17) is 14.2 Å². The quantitative estimate of drug-likeness (QED) is 0.433. The number of likely N-dealkylation sites (tertiary alicyclic amines) is 1. The Morgan fingerprint density at radius 1 is 1.21 bits per heavy atom. The zero-order chi connectivity index (χ0) is 26.4. The summed E-state index contributed by atoms with van der Waals surface area (Å²) in [6.07, 6.45) is 2.56. The van der Waals surface area contributed by atoms with E-state index in [1.807, 2.05) is 24.0 Å². The van der Waals surface area contributed by atoms with Gasteiger partial charge in [0.05, 0.1) is 50.7 Å². The molecule has 38 heavy (non-hydrogen) atoms. The zero-order valence-corrected chi connectivity index (χ0v) is 22.0. The molecule has 0 spiro atoms. The number of hydrogen-bond acceptors (Lipinski definition) is 9. The summed E-state index contributed by atoms with van der Waals surface area (Å²) in [6, 6.07) is 6.60. The van der Waals surface area contributed by atoms with Crippen LogP contribution in [0.5, 0.6) is 6.01 Å². The summed E-state index contributed by atoms with van der Waals surface area (Å²) < 4.78 is 33.5. The first kappa shape index (κ1) is 25.0. The van der Waals surface area contributed by atoms with Crippen molar-refractivity contribution in [2.75, 3.05) is 51.4 Å². The molecule has 3 aromatic rings. The van der Waals surface area contributed by atoms with Gasteiger partial charge in [-0.1, -0.05) is 0 Å². The molecule has 3 fully saturated rings. The molecule has 2 aromatic heterocycles. The second kappa shape index (κ2) is 10.1. The number of hydrogen-bond donors (Lipinski definition) is 0. The Morgan fingerprint density at radius 2 is 2.05 bits per heavy atom. The Bertz CT molecular complexity index is 1350. The molecule has 11 heteroatoms. The van der Waals surface area contributed by atoms with Crippen LogP contribution < -0.4 is 9.64 Å². The van der Waals surface area contributed by atoms with Gasteiger partial charge in [0.15, 0.2) is 5.82 Å². The van der Waals surface area contributed by atoms with Crippen LogP contribution in [0.3, 0.4) is 0 Å². The third kappa shape index (κ3) is 4.58. The van der Waals surface area contributed by atoms with Crippen molar-refractivity contribution < 1.29 is 23.4 Å². The second-order valence-corrected chi connectivity index (χ2v) is 10.3. The first-order chi connectivity index (χ1) is 18.4. The maximum atomic E-state index is 15.5. The van der Waals surface area contributed by atoms with Crippen molar-refractivity contribution in [1.29, 1.82) is 0 Å². The Morgan fingerprint density at radius 3 is 2.76 bits per heavy atom. The van der Waals surface area contributed by atoms with Crippen molar-refractivity contribution in [3.63, 3.8) is 0 Å². The van der Waals surface area contributed by atoms with Gasteiger partial charge in [-0.05, 0) is 56.5 Å². The number of methoxy groups -OCH3 is 1. The van der Waals surface area contributed by atoms with Crippen LogP contribution in [0.15, 0.2) is 24.4 Å². The molecule has 0 N–H and O–H groups in total. The van der Waals surface area contributed by atoms with Crippen LogP contribution in [-0.4, -0.2) is 95.4 Å². The number of alkyl halides is 1. The van der Waals surface area contributed by atoms with Crippen LogP contribution in [0.25, 0.3) is 16.7 Å². The largest absolute Gasteiger partial charge is 0.467 e. The van der Waals surface area contributed by atoms with Gasteiger partial charge in [-0.25, -0.2) is 9.07 Å². The Balaban J connectivity index is 1.30. The molecule has 1 aromatic carbocycles. The molecular weight excluding hydrogens is 491 g/mol. The first-order valence-corrected chi connectivity index (χ1v) is 13.3. The predicted molar refractivity (Wildman–Crippen MR) is 139 cm³/mol. The van der Waals surface area contributed by atoms with E-state index in [9.17, 15) is 4.79 Å². The smallest absolute Gasteiger partial charge is 0.320 e. The van der Waals surface area contributed by atoms with Crippen LogP contribution in [0.4, 0.5) is 10.2 Å². The van der Waals surface area contributed by atoms with Crippen molar-refractivity contribution >= 4 is 22.7 Å². The SMILES string of the molecule is CCOC(=O)CN1CCC(c2cc3c(cnn3-c3cc(N4CC5CC4CO5)nc(OC)n3)cc2C)C(F)C1. The number of piperidine rings is 1. The van der Waals surface area contributed by atoms with Gasteiger partial charge in [0, 0.05) is 30.5 Å². The number of halogens is 1. The number of esters is 1. The Hall–Kier alpha value is -3.31. The van der Waals surface area contributed by atoms with Gasteiger partial charge >= 0.3 is 12.0 Å². The number of carbonyl (C=O) groups excluding carboxylic acids is 1. The number of aryl methyl sites for hydroxylation is 1. The van der Waals surface area contributed by atoms with E-state index in [0.717, 1.165) is 40.8 Å². The van der Waals surface area contributed by atoms with Gasteiger partial charge in [0.2, 0.25) is 0 Å². The summed E-state index contributed by atoms with van der Waals surface area (Å²) in [5.41, 5.74) is 2.83. The molecule has 2 bridgehead atoms. The lowest BCUT2D eigenvalue weighted by Crippen LogP contribution is -2.43. The lowest BCUT2D eigenvalue weighted by Gasteiger charge is -2.35. The minimum atomic E-state index is -1.09. The van der Waals surface area contributed by atoms with Crippen molar-refractivity contribution in [1.82, 2.24) is 24.6 Å². The first-order valence-electron chi connectivity index (χ1n) is 13.3. The fraction of sp³-hybridized carbons (Fsp3) is 0.556. The van der Waals surface area contributed by atoms with E-state index in [1.165, 1.54) is 0 Å². The van der Waals surface area contributed by atoms with E-state index in [2.05, 4.69) is 26.0 Å². The minimum Gasteiger partial charge on any atom is -0.467 e. The molecule has 3 aliphatic heterocycles. The van der Waals surface area contributed by atoms with Crippen LogP contribution in [0.2, 0.25) is 0 Å². The number of morpholine rings is 1. The minimum absolute atomic E-state index is 0.119. The number of benzene rings is 1. The number of ether oxygens (including phenoxy) is 3. The van der Waals surface area contributed by atoms with Gasteiger partial charge in [-0.15, -0.1) is 0 Å². The molecule has 6 rings (SSSR count). The summed E-state index contributed by atoms with van der Waals surface area (Å²) in [7, 11) is 1.56. The van der Waals surface area contributed by atoms with Crippen LogP contribution in [-0.2, 0) is 14.3 Å². The Kier molecular flexibility index (Phi) is 6.65. The normalized spacial score (nSPS) is 25.3. The molecular formula is C27H33FN6O4. The van der Waals surface area contributed by atoms with Crippen LogP contribution >= 0.6 is 0 Å². The summed E-state index contributed by atoms with van der Waals surface area (Å²) in [5, 5.41) is 5.59. The number of nitrogens with zero attached hydrogens (tertiary/aromatic N) is 6. The molecule has 0 amide bonds. The molecule has 3 aliphatic rings. The van der Waals surface area contributed by atoms with Crippen molar-refractivity contribution in [3.8, 4) is 11.8 Å². The van der Waals surface area contributed by atoms with Gasteiger partial charge in [-0.2, -0.15) is 15.1 Å². The fourth-order valence-corrected chi connectivity index (χ4v) is 6.06. The maximum absolute atomic E-state index is 15.5. The number of carbonyl (C=O) groups is 1. The fourth-order valence-electron chi connectivity index (χ4n) is 6.06. The van der Waals surface area contributed by atoms with Gasteiger partial charge < -0.3 is 19.1 Å². The summed E-state index contributed by atoms with van der Waals surface area (Å²) >= 11 is 0. The number of rotatable bonds is 7. The third-order valence-corrected chi connectivity index (χ3v) is 7.91. The summed E-state index contributed by atoms with van der Waals surface area (Å²) in [4.78, 5) is 25.2. The molecule has 0 saturated carbocycles. The topological polar surface area (TPSA) is 94.8 Å². The number of anilines is 1. The molecule has 0 radical (unpaired) electrons. The zero-order valence-electron chi connectivity index (χ0n) is 22.0. The van der Waals surface area contributed by atoms with Crippen LogP contribution in [0, 0.1) is 6.92 Å². The molecule has 3 saturated heterocycles. The van der Waals surface area contributed by atoms with E-state index < -0.39 is 6.17 Å². The van der Waals surface area contributed by atoms with E-state index in [0.29, 0.717) is 38.0 Å². The van der Waals surface area contributed by atoms with E-state index in [-0.39, 0.29) is 37.1 Å². The monoisotopic (exact) mass is 524 g/mol. The maximum Gasteiger partial charge on any atom is 0.320 e. The molecule has 0 aliphatic carbocycles. The molecule has 10 nitrogen and oxygen atoms in total. The van der Waals surface area contributed by atoms with Gasteiger partial charge in [-0.3, -0.25) is 9.69 Å². The van der Waals surface area contributed by atoms with E-state index in [1.54, 1.807) is 24.9 Å². The van der Waals surface area contributed by atoms with Crippen molar-refractivity contribution in [2.24, 2.45) is 0 Å². The number of fused-ring (bicyclic) bond motifs is 3. The van der Waals surface area contributed by atoms with E-state index >= 15 is 4.39 Å². The van der Waals surface area contributed by atoms with Crippen molar-refractivity contribution in [3.05, 3.63) is 35.5 Å². The second-order valence-electron chi connectivity index (χ2n) is 10.3. The molecule has 4 unspecified atom stereocenters. The molecule has 4 atom stereocenters. The molecule has 202 valence electrons. The third-order valence-electron chi connectivity index (χ3n) is 7.91. The predicted octanol–water partition coefficient (Wildman–Crippen LogP) is 2.80. The average Bonchev–Trinajstić information content (AvgIpc) is 3.64.